The Morgan fingerprint density at radius 2 is 2.21 bits per heavy atom. The number of hydrogen-bond acceptors (Lipinski definition) is 3. The van der Waals surface area contributed by atoms with Crippen LogP contribution in [0.3, 0.4) is 0 Å². The monoisotopic (exact) mass is 336 g/mol. The molecule has 1 aromatic carbocycles. The number of aryl methyl sites for hydroxylation is 1. The smallest absolute Gasteiger partial charge is 0.246 e. The van der Waals surface area contributed by atoms with E-state index in [2.05, 4.69) is 5.32 Å². The Bertz CT molecular complexity index is 620. The Morgan fingerprint density at radius 1 is 1.46 bits per heavy atom. The summed E-state index contributed by atoms with van der Waals surface area (Å²) >= 11 is 0. The number of carbonyl (C=O) groups is 2. The van der Waals surface area contributed by atoms with Gasteiger partial charge in [0, 0.05) is 31.9 Å². The van der Waals surface area contributed by atoms with Crippen molar-refractivity contribution >= 4 is 17.5 Å². The van der Waals surface area contributed by atoms with Crippen LogP contribution in [0.25, 0.3) is 0 Å². The summed E-state index contributed by atoms with van der Waals surface area (Å²) in [7, 11) is 0. The molecular weight excluding hydrogens is 311 g/mol. The molecule has 0 bridgehead atoms. The summed E-state index contributed by atoms with van der Waals surface area (Å²) in [5.41, 5.74) is 0.275. The second kappa shape index (κ2) is 7.75. The maximum Gasteiger partial charge on any atom is 0.246 e. The Morgan fingerprint density at radius 3 is 2.88 bits per heavy atom. The average molecular weight is 336 g/mol. The summed E-state index contributed by atoms with van der Waals surface area (Å²) in [6.45, 7) is 7.17. The second-order valence-electron chi connectivity index (χ2n) is 6.24. The second-order valence-corrected chi connectivity index (χ2v) is 6.24. The van der Waals surface area contributed by atoms with E-state index in [-0.39, 0.29) is 17.6 Å². The molecule has 24 heavy (non-hydrogen) atoms. The molecule has 5 nitrogen and oxygen atoms in total. The maximum absolute atomic E-state index is 13.4. The van der Waals surface area contributed by atoms with Gasteiger partial charge in [-0.1, -0.05) is 0 Å². The molecule has 1 aliphatic rings. The van der Waals surface area contributed by atoms with Crippen LogP contribution in [-0.4, -0.2) is 37.1 Å². The summed E-state index contributed by atoms with van der Waals surface area (Å²) in [5.74, 6) is -0.657. The molecule has 1 fully saturated rings. The van der Waals surface area contributed by atoms with Gasteiger partial charge in [0.1, 0.15) is 11.4 Å². The van der Waals surface area contributed by atoms with Crippen LogP contribution in [0.15, 0.2) is 18.2 Å². The minimum Gasteiger partial charge on any atom is -0.382 e. The zero-order valence-corrected chi connectivity index (χ0v) is 14.5. The zero-order chi connectivity index (χ0) is 17.7. The molecule has 1 N–H and O–H groups in total. The predicted octanol–water partition coefficient (Wildman–Crippen LogP) is 2.56. The number of amides is 2. The molecule has 0 aliphatic carbocycles. The van der Waals surface area contributed by atoms with Crippen LogP contribution < -0.4 is 10.2 Å². The van der Waals surface area contributed by atoms with Crippen molar-refractivity contribution in [3.63, 3.8) is 0 Å². The normalized spacial score (nSPS) is 20.5. The topological polar surface area (TPSA) is 58.6 Å². The van der Waals surface area contributed by atoms with Crippen molar-refractivity contribution in [1.82, 2.24) is 5.32 Å². The summed E-state index contributed by atoms with van der Waals surface area (Å²) in [6.07, 6.45) is 1.47. The molecule has 132 valence electrons. The SMILES string of the molecule is CCOCCCNC(=O)[C@]1(C)CCC(=O)N1c1ccc(F)cc1C. The predicted molar refractivity (Wildman–Crippen MR) is 90.4 cm³/mol. The Kier molecular flexibility index (Phi) is 5.94. The molecule has 0 unspecified atom stereocenters. The van der Waals surface area contributed by atoms with Crippen molar-refractivity contribution in [2.24, 2.45) is 0 Å². The van der Waals surface area contributed by atoms with Crippen LogP contribution in [0.5, 0.6) is 0 Å². The van der Waals surface area contributed by atoms with Gasteiger partial charge in [-0.2, -0.15) is 0 Å². The number of hydrogen-bond donors (Lipinski definition) is 1. The molecule has 0 radical (unpaired) electrons. The van der Waals surface area contributed by atoms with Gasteiger partial charge in [-0.15, -0.1) is 0 Å². The average Bonchev–Trinajstić information content (AvgIpc) is 2.84. The van der Waals surface area contributed by atoms with E-state index >= 15 is 0 Å². The van der Waals surface area contributed by atoms with Crippen LogP contribution in [-0.2, 0) is 14.3 Å². The molecule has 1 aromatic rings. The standard InChI is InChI=1S/C18H25FN2O3/c1-4-24-11-5-10-20-17(23)18(3)9-8-16(22)21(18)15-7-6-14(19)12-13(15)2/h6-7,12H,4-5,8-11H2,1-3H3,(H,20,23)/t18-/m0/s1. The number of carbonyl (C=O) groups excluding carboxylic acids is 2. The van der Waals surface area contributed by atoms with E-state index in [4.69, 9.17) is 4.74 Å². The Balaban J connectivity index is 2.14. The van der Waals surface area contributed by atoms with E-state index in [1.165, 1.54) is 17.0 Å². The minimum atomic E-state index is -0.953. The highest BCUT2D eigenvalue weighted by atomic mass is 19.1. The van der Waals surface area contributed by atoms with E-state index in [1.807, 2.05) is 6.92 Å². The van der Waals surface area contributed by atoms with Crippen molar-refractivity contribution < 1.29 is 18.7 Å². The molecule has 0 aromatic heterocycles. The van der Waals surface area contributed by atoms with Crippen molar-refractivity contribution in [2.75, 3.05) is 24.7 Å². The van der Waals surface area contributed by atoms with Gasteiger partial charge in [-0.3, -0.25) is 14.5 Å². The summed E-state index contributed by atoms with van der Waals surface area (Å²) in [4.78, 5) is 26.6. The van der Waals surface area contributed by atoms with E-state index < -0.39 is 5.54 Å². The molecule has 1 aliphatic heterocycles. The quantitative estimate of drug-likeness (QED) is 0.779. The molecule has 1 saturated heterocycles. The molecule has 6 heteroatoms. The van der Waals surface area contributed by atoms with Gasteiger partial charge >= 0.3 is 0 Å². The largest absolute Gasteiger partial charge is 0.382 e. The van der Waals surface area contributed by atoms with E-state index in [0.717, 1.165) is 6.42 Å². The van der Waals surface area contributed by atoms with Crippen LogP contribution in [0.2, 0.25) is 0 Å². The first-order valence-electron chi connectivity index (χ1n) is 8.35. The van der Waals surface area contributed by atoms with Crippen LogP contribution >= 0.6 is 0 Å². The highest BCUT2D eigenvalue weighted by Crippen LogP contribution is 2.37. The van der Waals surface area contributed by atoms with Crippen LogP contribution in [0.4, 0.5) is 10.1 Å². The highest BCUT2D eigenvalue weighted by Gasteiger charge is 2.48. The third-order valence-electron chi connectivity index (χ3n) is 4.41. The van der Waals surface area contributed by atoms with Crippen LogP contribution in [0, 0.1) is 12.7 Å². The lowest BCUT2D eigenvalue weighted by molar-refractivity contribution is -0.127. The van der Waals surface area contributed by atoms with Gasteiger partial charge in [-0.05, 0) is 57.4 Å². The minimum absolute atomic E-state index is 0.114. The lowest BCUT2D eigenvalue weighted by Crippen LogP contribution is -2.55. The van der Waals surface area contributed by atoms with Gasteiger partial charge in [-0.25, -0.2) is 4.39 Å². The van der Waals surface area contributed by atoms with Crippen molar-refractivity contribution in [3.05, 3.63) is 29.6 Å². The zero-order valence-electron chi connectivity index (χ0n) is 14.5. The first-order valence-corrected chi connectivity index (χ1v) is 8.35. The van der Waals surface area contributed by atoms with Crippen LogP contribution in [0.1, 0.15) is 38.7 Å². The van der Waals surface area contributed by atoms with Gasteiger partial charge < -0.3 is 10.1 Å². The summed E-state index contributed by atoms with van der Waals surface area (Å²) < 4.78 is 18.6. The Hall–Kier alpha value is -1.95. The highest BCUT2D eigenvalue weighted by molar-refractivity contribution is 6.06. The van der Waals surface area contributed by atoms with E-state index in [9.17, 15) is 14.0 Å². The number of halogens is 1. The van der Waals surface area contributed by atoms with Gasteiger partial charge in [0.05, 0.1) is 0 Å². The lowest BCUT2D eigenvalue weighted by atomic mass is 9.96. The number of nitrogens with one attached hydrogen (secondary N) is 1. The molecule has 1 heterocycles. The number of anilines is 1. The third kappa shape index (κ3) is 3.75. The molecule has 2 rings (SSSR count). The lowest BCUT2D eigenvalue weighted by Gasteiger charge is -2.35. The molecular formula is C18H25FN2O3. The molecule has 1 atom stereocenters. The maximum atomic E-state index is 13.4. The number of benzene rings is 1. The number of nitrogens with zero attached hydrogens (tertiary/aromatic N) is 1. The molecule has 0 saturated carbocycles. The first-order chi connectivity index (χ1) is 11.4. The van der Waals surface area contributed by atoms with Gasteiger partial charge in [0.15, 0.2) is 0 Å². The van der Waals surface area contributed by atoms with Crippen molar-refractivity contribution in [1.29, 1.82) is 0 Å². The fourth-order valence-corrected chi connectivity index (χ4v) is 3.05. The van der Waals surface area contributed by atoms with Gasteiger partial charge in [0.25, 0.3) is 0 Å². The fraction of sp³-hybridized carbons (Fsp3) is 0.556. The number of ether oxygens (including phenoxy) is 1. The Labute approximate surface area is 142 Å². The first kappa shape index (κ1) is 18.4. The molecule has 2 amide bonds. The fourth-order valence-electron chi connectivity index (χ4n) is 3.05. The van der Waals surface area contributed by atoms with E-state index in [1.54, 1.807) is 19.9 Å². The number of rotatable bonds is 7. The van der Waals surface area contributed by atoms with Crippen molar-refractivity contribution in [2.45, 2.75) is 45.6 Å². The van der Waals surface area contributed by atoms with Crippen molar-refractivity contribution in [3.8, 4) is 0 Å². The summed E-state index contributed by atoms with van der Waals surface area (Å²) in [6, 6.07) is 4.25. The van der Waals surface area contributed by atoms with E-state index in [0.29, 0.717) is 43.9 Å². The third-order valence-corrected chi connectivity index (χ3v) is 4.41. The summed E-state index contributed by atoms with van der Waals surface area (Å²) in [5, 5.41) is 2.89. The van der Waals surface area contributed by atoms with Gasteiger partial charge in [0.2, 0.25) is 11.8 Å². The molecule has 0 spiro atoms.